The molecular formula is C13H25N3. The van der Waals surface area contributed by atoms with Gasteiger partial charge >= 0.3 is 0 Å². The molecule has 0 saturated carbocycles. The van der Waals surface area contributed by atoms with Gasteiger partial charge in [-0.15, -0.1) is 0 Å². The lowest BCUT2D eigenvalue weighted by Gasteiger charge is -2.36. The molecule has 0 amide bonds. The predicted octanol–water partition coefficient (Wildman–Crippen LogP) is 3.29. The van der Waals surface area contributed by atoms with Crippen LogP contribution in [0.15, 0.2) is 12.4 Å². The van der Waals surface area contributed by atoms with Crippen LogP contribution in [0, 0.1) is 12.8 Å². The summed E-state index contributed by atoms with van der Waals surface area (Å²) in [5.41, 5.74) is 1.12. The first kappa shape index (κ1) is 14.9. The highest BCUT2D eigenvalue weighted by molar-refractivity contribution is 5.33. The Morgan fingerprint density at radius 2 is 1.50 bits per heavy atom. The van der Waals surface area contributed by atoms with Crippen molar-refractivity contribution in [1.82, 2.24) is 9.97 Å². The molecule has 0 spiro atoms. The molecular weight excluding hydrogens is 198 g/mol. The number of rotatable bonds is 1. The Morgan fingerprint density at radius 1 is 1.06 bits per heavy atom. The van der Waals surface area contributed by atoms with Crippen molar-refractivity contribution >= 4 is 5.95 Å². The first-order chi connectivity index (χ1) is 7.75. The fourth-order valence-corrected chi connectivity index (χ4v) is 1.41. The average Bonchev–Trinajstić information content (AvgIpc) is 2.32. The molecule has 1 saturated heterocycles. The molecule has 0 radical (unpaired) electrons. The van der Waals surface area contributed by atoms with Gasteiger partial charge in [0.15, 0.2) is 0 Å². The average molecular weight is 223 g/mol. The lowest BCUT2D eigenvalue weighted by atomic mass is 10.0. The quantitative estimate of drug-likeness (QED) is 0.731. The fraction of sp³-hybridized carbons (Fsp3) is 0.692. The molecule has 3 heteroatoms. The summed E-state index contributed by atoms with van der Waals surface area (Å²) in [6.07, 6.45) is 3.73. The highest BCUT2D eigenvalue weighted by Crippen LogP contribution is 2.19. The number of hydrogen-bond acceptors (Lipinski definition) is 3. The molecule has 0 aliphatic carbocycles. The molecule has 1 aliphatic heterocycles. The minimum Gasteiger partial charge on any atom is -0.340 e. The van der Waals surface area contributed by atoms with Gasteiger partial charge in [-0.05, 0) is 18.4 Å². The van der Waals surface area contributed by atoms with Crippen LogP contribution in [0.4, 0.5) is 5.95 Å². The second-order valence-electron chi connectivity index (χ2n) is 3.57. The summed E-state index contributed by atoms with van der Waals surface area (Å²) in [6, 6.07) is 0. The van der Waals surface area contributed by atoms with E-state index in [0.29, 0.717) is 0 Å². The van der Waals surface area contributed by atoms with Crippen molar-refractivity contribution in [2.45, 2.75) is 41.5 Å². The van der Waals surface area contributed by atoms with Crippen molar-refractivity contribution in [3.05, 3.63) is 18.0 Å². The van der Waals surface area contributed by atoms with E-state index in [0.717, 1.165) is 30.5 Å². The Bertz CT molecular complexity index is 263. The van der Waals surface area contributed by atoms with E-state index in [4.69, 9.17) is 0 Å². The summed E-state index contributed by atoms with van der Waals surface area (Å²) < 4.78 is 0. The van der Waals surface area contributed by atoms with E-state index in [-0.39, 0.29) is 0 Å². The standard InChI is InChI=1S/C9H13N3.2C2H6/c1-7-3-10-9(11-4-7)12-5-8(2)6-12;2*1-2/h3-4,8H,5-6H2,1-2H3;2*1-2H3. The summed E-state index contributed by atoms with van der Waals surface area (Å²) in [7, 11) is 0. The van der Waals surface area contributed by atoms with Crippen molar-refractivity contribution in [1.29, 1.82) is 0 Å². The number of aryl methyl sites for hydroxylation is 1. The zero-order chi connectivity index (χ0) is 12.6. The van der Waals surface area contributed by atoms with Gasteiger partial charge < -0.3 is 4.90 Å². The highest BCUT2D eigenvalue weighted by Gasteiger charge is 2.24. The third-order valence-electron chi connectivity index (χ3n) is 2.11. The number of aromatic nitrogens is 2. The van der Waals surface area contributed by atoms with Gasteiger partial charge in [0.05, 0.1) is 0 Å². The van der Waals surface area contributed by atoms with Crippen LogP contribution in [-0.4, -0.2) is 23.1 Å². The van der Waals surface area contributed by atoms with Gasteiger partial charge in [0.2, 0.25) is 5.95 Å². The van der Waals surface area contributed by atoms with Gasteiger partial charge in [0.25, 0.3) is 0 Å². The molecule has 0 atom stereocenters. The van der Waals surface area contributed by atoms with Crippen molar-refractivity contribution in [3.63, 3.8) is 0 Å². The zero-order valence-corrected chi connectivity index (χ0v) is 11.5. The van der Waals surface area contributed by atoms with Crippen molar-refractivity contribution in [2.75, 3.05) is 18.0 Å². The summed E-state index contributed by atoms with van der Waals surface area (Å²) >= 11 is 0. The minimum absolute atomic E-state index is 0.801. The van der Waals surface area contributed by atoms with Crippen LogP contribution < -0.4 is 4.90 Å². The highest BCUT2D eigenvalue weighted by atomic mass is 15.3. The van der Waals surface area contributed by atoms with E-state index in [1.807, 2.05) is 47.0 Å². The van der Waals surface area contributed by atoms with Gasteiger partial charge in [-0.1, -0.05) is 34.6 Å². The molecule has 16 heavy (non-hydrogen) atoms. The van der Waals surface area contributed by atoms with E-state index < -0.39 is 0 Å². The van der Waals surface area contributed by atoms with Crippen LogP contribution in [0.5, 0.6) is 0 Å². The van der Waals surface area contributed by atoms with Gasteiger partial charge in [-0.2, -0.15) is 0 Å². The zero-order valence-electron chi connectivity index (χ0n) is 11.5. The summed E-state index contributed by atoms with van der Waals surface area (Å²) in [5, 5.41) is 0. The van der Waals surface area contributed by atoms with E-state index in [1.165, 1.54) is 0 Å². The normalized spacial score (nSPS) is 14.0. The molecule has 0 unspecified atom stereocenters. The molecule has 1 aromatic heterocycles. The predicted molar refractivity (Wildman–Crippen MR) is 70.8 cm³/mol. The monoisotopic (exact) mass is 223 g/mol. The lowest BCUT2D eigenvalue weighted by Crippen LogP contribution is -2.46. The molecule has 1 aromatic rings. The van der Waals surface area contributed by atoms with Crippen molar-refractivity contribution in [2.24, 2.45) is 5.92 Å². The van der Waals surface area contributed by atoms with Crippen LogP contribution in [0.1, 0.15) is 40.2 Å². The van der Waals surface area contributed by atoms with Crippen molar-refractivity contribution in [3.8, 4) is 0 Å². The van der Waals surface area contributed by atoms with E-state index in [1.54, 1.807) is 0 Å². The molecule has 0 bridgehead atoms. The molecule has 1 fully saturated rings. The third kappa shape index (κ3) is 4.17. The second kappa shape index (κ2) is 8.08. The summed E-state index contributed by atoms with van der Waals surface area (Å²) in [6.45, 7) is 14.4. The molecule has 2 heterocycles. The Balaban J connectivity index is 0.000000509. The van der Waals surface area contributed by atoms with Crippen LogP contribution in [0.3, 0.4) is 0 Å². The Kier molecular flexibility index (Phi) is 7.52. The molecule has 3 nitrogen and oxygen atoms in total. The van der Waals surface area contributed by atoms with E-state index in [2.05, 4.69) is 21.8 Å². The first-order valence-electron chi connectivity index (χ1n) is 6.29. The molecule has 2 rings (SSSR count). The first-order valence-corrected chi connectivity index (χ1v) is 6.29. The molecule has 0 aromatic carbocycles. The maximum atomic E-state index is 4.25. The summed E-state index contributed by atoms with van der Waals surface area (Å²) in [5.74, 6) is 1.67. The van der Waals surface area contributed by atoms with Crippen molar-refractivity contribution < 1.29 is 0 Å². The van der Waals surface area contributed by atoms with Gasteiger partial charge in [0.1, 0.15) is 0 Å². The maximum Gasteiger partial charge on any atom is 0.225 e. The SMILES string of the molecule is CC.CC.Cc1cnc(N2CC(C)C2)nc1. The number of anilines is 1. The minimum atomic E-state index is 0.801. The number of hydrogen-bond donors (Lipinski definition) is 0. The van der Waals surface area contributed by atoms with Gasteiger partial charge in [0, 0.05) is 25.5 Å². The van der Waals surface area contributed by atoms with E-state index in [9.17, 15) is 0 Å². The second-order valence-corrected chi connectivity index (χ2v) is 3.57. The fourth-order valence-electron chi connectivity index (χ4n) is 1.41. The molecule has 1 aliphatic rings. The third-order valence-corrected chi connectivity index (χ3v) is 2.11. The molecule has 92 valence electrons. The summed E-state index contributed by atoms with van der Waals surface area (Å²) in [4.78, 5) is 10.7. The van der Waals surface area contributed by atoms with Gasteiger partial charge in [-0.25, -0.2) is 9.97 Å². The van der Waals surface area contributed by atoms with E-state index >= 15 is 0 Å². The van der Waals surface area contributed by atoms with Crippen LogP contribution in [0.2, 0.25) is 0 Å². The van der Waals surface area contributed by atoms with Crippen LogP contribution in [-0.2, 0) is 0 Å². The van der Waals surface area contributed by atoms with Gasteiger partial charge in [-0.3, -0.25) is 0 Å². The lowest BCUT2D eigenvalue weighted by molar-refractivity contribution is 0.439. The Hall–Kier alpha value is -1.12. The molecule has 0 N–H and O–H groups in total. The van der Waals surface area contributed by atoms with Crippen LogP contribution >= 0.6 is 0 Å². The maximum absolute atomic E-state index is 4.25. The largest absolute Gasteiger partial charge is 0.340 e. The smallest absolute Gasteiger partial charge is 0.225 e. The topological polar surface area (TPSA) is 29.0 Å². The van der Waals surface area contributed by atoms with Crippen LogP contribution in [0.25, 0.3) is 0 Å². The Labute approximate surface area is 99.9 Å². The number of nitrogens with zero attached hydrogens (tertiary/aromatic N) is 3. The Morgan fingerprint density at radius 3 is 1.88 bits per heavy atom.